The second kappa shape index (κ2) is 6.44. The average Bonchev–Trinajstić information content (AvgIpc) is 2.29. The SMILES string of the molecule is CCC(CC)CNC(=O)C(C)(C#N)CC. The quantitative estimate of drug-likeness (QED) is 0.732. The molecule has 3 nitrogen and oxygen atoms in total. The number of rotatable bonds is 6. The summed E-state index contributed by atoms with van der Waals surface area (Å²) in [6.07, 6.45) is 2.68. The van der Waals surface area contributed by atoms with Gasteiger partial charge in [-0.15, -0.1) is 0 Å². The molecule has 0 heterocycles. The maximum Gasteiger partial charge on any atom is 0.240 e. The van der Waals surface area contributed by atoms with Crippen molar-refractivity contribution in [1.82, 2.24) is 5.32 Å². The van der Waals surface area contributed by atoms with Gasteiger partial charge in [-0.25, -0.2) is 0 Å². The van der Waals surface area contributed by atoms with Gasteiger partial charge in [0.05, 0.1) is 6.07 Å². The largest absolute Gasteiger partial charge is 0.354 e. The minimum atomic E-state index is -0.869. The van der Waals surface area contributed by atoms with Crippen molar-refractivity contribution >= 4 is 5.91 Å². The first-order valence-electron chi connectivity index (χ1n) is 5.73. The van der Waals surface area contributed by atoms with Crippen LogP contribution in [0.5, 0.6) is 0 Å². The first-order chi connectivity index (χ1) is 7.03. The predicted octanol–water partition coefficient (Wildman–Crippen LogP) is 2.48. The lowest BCUT2D eigenvalue weighted by Crippen LogP contribution is -2.39. The molecule has 0 aromatic rings. The standard InChI is InChI=1S/C12H22N2O/c1-5-10(6-2)8-14-11(15)12(4,7-3)9-13/h10H,5-8H2,1-4H3,(H,14,15). The van der Waals surface area contributed by atoms with Crippen LogP contribution >= 0.6 is 0 Å². The van der Waals surface area contributed by atoms with Crippen LogP contribution < -0.4 is 5.32 Å². The molecule has 0 fully saturated rings. The lowest BCUT2D eigenvalue weighted by Gasteiger charge is -2.20. The Morgan fingerprint density at radius 2 is 1.93 bits per heavy atom. The molecule has 15 heavy (non-hydrogen) atoms. The van der Waals surface area contributed by atoms with Crippen molar-refractivity contribution in [2.75, 3.05) is 6.54 Å². The number of amides is 1. The zero-order chi connectivity index (χ0) is 11.9. The summed E-state index contributed by atoms with van der Waals surface area (Å²) < 4.78 is 0. The Hall–Kier alpha value is -1.04. The van der Waals surface area contributed by atoms with Crippen molar-refractivity contribution in [3.63, 3.8) is 0 Å². The van der Waals surface area contributed by atoms with Crippen LogP contribution in [0.15, 0.2) is 0 Å². The van der Waals surface area contributed by atoms with Crippen LogP contribution in [0, 0.1) is 22.7 Å². The molecular formula is C12H22N2O. The second-order valence-electron chi connectivity index (χ2n) is 4.19. The minimum absolute atomic E-state index is 0.139. The van der Waals surface area contributed by atoms with E-state index in [9.17, 15) is 4.79 Å². The van der Waals surface area contributed by atoms with E-state index in [-0.39, 0.29) is 5.91 Å². The maximum atomic E-state index is 11.7. The first kappa shape index (κ1) is 14.0. The molecule has 0 saturated heterocycles. The molecule has 1 amide bonds. The summed E-state index contributed by atoms with van der Waals surface area (Å²) in [4.78, 5) is 11.7. The smallest absolute Gasteiger partial charge is 0.240 e. The summed E-state index contributed by atoms with van der Waals surface area (Å²) >= 11 is 0. The van der Waals surface area contributed by atoms with E-state index in [0.717, 1.165) is 12.8 Å². The van der Waals surface area contributed by atoms with Crippen LogP contribution in [0.1, 0.15) is 47.0 Å². The molecule has 0 radical (unpaired) electrons. The number of hydrogen-bond acceptors (Lipinski definition) is 2. The summed E-state index contributed by atoms with van der Waals surface area (Å²) in [5.41, 5.74) is -0.869. The monoisotopic (exact) mass is 210 g/mol. The van der Waals surface area contributed by atoms with E-state index in [2.05, 4.69) is 25.2 Å². The minimum Gasteiger partial charge on any atom is -0.354 e. The molecule has 0 aliphatic rings. The normalized spacial score (nSPS) is 14.4. The van der Waals surface area contributed by atoms with Crippen LogP contribution in [0.2, 0.25) is 0 Å². The zero-order valence-electron chi connectivity index (χ0n) is 10.3. The van der Waals surface area contributed by atoms with E-state index >= 15 is 0 Å². The molecule has 0 saturated carbocycles. The number of hydrogen-bond donors (Lipinski definition) is 1. The van der Waals surface area contributed by atoms with Gasteiger partial charge in [0.1, 0.15) is 5.41 Å². The highest BCUT2D eigenvalue weighted by atomic mass is 16.2. The zero-order valence-corrected chi connectivity index (χ0v) is 10.3. The molecule has 0 aliphatic heterocycles. The highest BCUT2D eigenvalue weighted by Crippen LogP contribution is 2.19. The van der Waals surface area contributed by atoms with Crippen LogP contribution in [0.3, 0.4) is 0 Å². The molecule has 3 heteroatoms. The molecule has 1 unspecified atom stereocenters. The number of nitrogens with one attached hydrogen (secondary N) is 1. The van der Waals surface area contributed by atoms with Crippen molar-refractivity contribution in [2.24, 2.45) is 11.3 Å². The lowest BCUT2D eigenvalue weighted by molar-refractivity contribution is -0.127. The van der Waals surface area contributed by atoms with Gasteiger partial charge in [0.2, 0.25) is 5.91 Å². The summed E-state index contributed by atoms with van der Waals surface area (Å²) in [6.45, 7) is 8.46. The van der Waals surface area contributed by atoms with Crippen molar-refractivity contribution in [1.29, 1.82) is 5.26 Å². The Bertz CT molecular complexity index is 240. The number of nitrogens with zero attached hydrogens (tertiary/aromatic N) is 1. The molecule has 0 rings (SSSR count). The highest BCUT2D eigenvalue weighted by Gasteiger charge is 2.30. The van der Waals surface area contributed by atoms with E-state index in [1.807, 2.05) is 6.92 Å². The van der Waals surface area contributed by atoms with Gasteiger partial charge in [0.25, 0.3) is 0 Å². The Balaban J connectivity index is 4.20. The third-order valence-corrected chi connectivity index (χ3v) is 3.16. The van der Waals surface area contributed by atoms with Crippen molar-refractivity contribution in [2.45, 2.75) is 47.0 Å². The maximum absolute atomic E-state index is 11.7. The summed E-state index contributed by atoms with van der Waals surface area (Å²) in [5, 5.41) is 11.8. The summed E-state index contributed by atoms with van der Waals surface area (Å²) in [7, 11) is 0. The van der Waals surface area contributed by atoms with Crippen molar-refractivity contribution in [3.8, 4) is 6.07 Å². The van der Waals surface area contributed by atoms with Gasteiger partial charge in [0, 0.05) is 6.54 Å². The topological polar surface area (TPSA) is 52.9 Å². The average molecular weight is 210 g/mol. The van der Waals surface area contributed by atoms with Crippen LogP contribution in [0.4, 0.5) is 0 Å². The molecule has 0 aromatic carbocycles. The Labute approximate surface area is 92.9 Å². The molecule has 0 bridgehead atoms. The Morgan fingerprint density at radius 1 is 1.40 bits per heavy atom. The summed E-state index contributed by atoms with van der Waals surface area (Å²) in [5.74, 6) is 0.383. The number of nitriles is 1. The van der Waals surface area contributed by atoms with Gasteiger partial charge >= 0.3 is 0 Å². The third-order valence-electron chi connectivity index (χ3n) is 3.16. The van der Waals surface area contributed by atoms with Crippen molar-refractivity contribution in [3.05, 3.63) is 0 Å². The van der Waals surface area contributed by atoms with E-state index in [1.54, 1.807) is 6.92 Å². The lowest BCUT2D eigenvalue weighted by atomic mass is 9.88. The Kier molecular flexibility index (Phi) is 6.00. The third kappa shape index (κ3) is 3.91. The number of carbonyl (C=O) groups excluding carboxylic acids is 1. The molecular weight excluding hydrogens is 188 g/mol. The number of carbonyl (C=O) groups is 1. The molecule has 86 valence electrons. The second-order valence-corrected chi connectivity index (χ2v) is 4.19. The van der Waals surface area contributed by atoms with Crippen LogP contribution in [0.25, 0.3) is 0 Å². The fourth-order valence-electron chi connectivity index (χ4n) is 1.30. The highest BCUT2D eigenvalue weighted by molar-refractivity contribution is 5.84. The fraction of sp³-hybridized carbons (Fsp3) is 0.833. The molecule has 0 aromatic heterocycles. The predicted molar refractivity (Wildman–Crippen MR) is 61.1 cm³/mol. The molecule has 1 atom stereocenters. The first-order valence-corrected chi connectivity index (χ1v) is 5.73. The van der Waals surface area contributed by atoms with E-state index in [4.69, 9.17) is 5.26 Å². The van der Waals surface area contributed by atoms with Gasteiger partial charge < -0.3 is 5.32 Å². The van der Waals surface area contributed by atoms with Crippen molar-refractivity contribution < 1.29 is 4.79 Å². The van der Waals surface area contributed by atoms with Gasteiger partial charge in [-0.2, -0.15) is 5.26 Å². The fourth-order valence-corrected chi connectivity index (χ4v) is 1.30. The molecule has 0 aliphatic carbocycles. The van der Waals surface area contributed by atoms with Gasteiger partial charge in [-0.05, 0) is 19.3 Å². The van der Waals surface area contributed by atoms with E-state index < -0.39 is 5.41 Å². The van der Waals surface area contributed by atoms with Crippen LogP contribution in [-0.4, -0.2) is 12.5 Å². The molecule has 0 spiro atoms. The van der Waals surface area contributed by atoms with E-state index in [0.29, 0.717) is 18.9 Å². The van der Waals surface area contributed by atoms with E-state index in [1.165, 1.54) is 0 Å². The van der Waals surface area contributed by atoms with Crippen LogP contribution in [-0.2, 0) is 4.79 Å². The van der Waals surface area contributed by atoms with Gasteiger partial charge in [0.15, 0.2) is 0 Å². The van der Waals surface area contributed by atoms with Gasteiger partial charge in [-0.3, -0.25) is 4.79 Å². The van der Waals surface area contributed by atoms with Gasteiger partial charge in [-0.1, -0.05) is 33.6 Å². The summed E-state index contributed by atoms with van der Waals surface area (Å²) in [6, 6.07) is 2.08. The Morgan fingerprint density at radius 3 is 2.27 bits per heavy atom. The molecule has 1 N–H and O–H groups in total.